The molecule has 3 N–H and O–H groups in total. The minimum absolute atomic E-state index is 0.171. The molecule has 2 amide bonds. The third kappa shape index (κ3) is 3.01. The second-order valence-electron chi connectivity index (χ2n) is 2.97. The highest BCUT2D eigenvalue weighted by Crippen LogP contribution is 1.99. The van der Waals surface area contributed by atoms with Crippen LogP contribution in [0.3, 0.4) is 0 Å². The molecule has 0 saturated heterocycles. The lowest BCUT2D eigenvalue weighted by molar-refractivity contribution is -0.119. The van der Waals surface area contributed by atoms with E-state index in [9.17, 15) is 14.0 Å². The van der Waals surface area contributed by atoms with Gasteiger partial charge < -0.3 is 11.1 Å². The third-order valence-electron chi connectivity index (χ3n) is 1.76. The number of hydrogen-bond acceptors (Lipinski definition) is 3. The molecule has 5 nitrogen and oxygen atoms in total. The van der Waals surface area contributed by atoms with Crippen molar-refractivity contribution >= 4 is 11.8 Å². The first-order chi connectivity index (χ1) is 7.00. The molecule has 1 atom stereocenters. The van der Waals surface area contributed by atoms with E-state index in [2.05, 4.69) is 10.3 Å². The van der Waals surface area contributed by atoms with E-state index in [1.165, 1.54) is 13.0 Å². The molecule has 6 heteroatoms. The molecule has 0 unspecified atom stereocenters. The van der Waals surface area contributed by atoms with Crippen molar-refractivity contribution in [2.24, 2.45) is 5.73 Å². The Morgan fingerprint density at radius 2 is 2.20 bits per heavy atom. The molecular formula is C9H10FN3O2. The maximum atomic E-state index is 12.4. The summed E-state index contributed by atoms with van der Waals surface area (Å²) in [6, 6.07) is 1.55. The molecular weight excluding hydrogens is 201 g/mol. The van der Waals surface area contributed by atoms with Gasteiger partial charge in [0.15, 0.2) is 0 Å². The average molecular weight is 211 g/mol. The fourth-order valence-corrected chi connectivity index (χ4v) is 0.861. The predicted octanol–water partition coefficient (Wildman–Crippen LogP) is -0.176. The molecule has 0 radical (unpaired) electrons. The normalized spacial score (nSPS) is 11.9. The van der Waals surface area contributed by atoms with Gasteiger partial charge in [-0.3, -0.25) is 9.59 Å². The molecule has 1 rings (SSSR count). The van der Waals surface area contributed by atoms with Crippen LogP contribution in [0.15, 0.2) is 18.3 Å². The minimum atomic E-state index is -0.775. The molecule has 80 valence electrons. The smallest absolute Gasteiger partial charge is 0.253 e. The van der Waals surface area contributed by atoms with Crippen LogP contribution in [0.4, 0.5) is 4.39 Å². The van der Waals surface area contributed by atoms with E-state index in [-0.39, 0.29) is 5.56 Å². The standard InChI is InChI=1S/C9H10FN3O2/c1-5(8(11)14)13-9(15)6-2-3-7(10)12-4-6/h2-5H,1H3,(H2,11,14)(H,13,15)/t5-/m0/s1. The quantitative estimate of drug-likeness (QED) is 0.680. The maximum absolute atomic E-state index is 12.4. The van der Waals surface area contributed by atoms with Gasteiger partial charge in [0.25, 0.3) is 5.91 Å². The lowest BCUT2D eigenvalue weighted by Crippen LogP contribution is -2.42. The Morgan fingerprint density at radius 1 is 1.53 bits per heavy atom. The number of carbonyl (C=O) groups is 2. The van der Waals surface area contributed by atoms with Crippen LogP contribution in [-0.4, -0.2) is 22.8 Å². The Bertz CT molecular complexity index is 377. The fraction of sp³-hybridized carbons (Fsp3) is 0.222. The zero-order chi connectivity index (χ0) is 11.4. The summed E-state index contributed by atoms with van der Waals surface area (Å²) in [4.78, 5) is 25.4. The van der Waals surface area contributed by atoms with Crippen LogP contribution in [0.5, 0.6) is 0 Å². The van der Waals surface area contributed by atoms with Gasteiger partial charge in [-0.25, -0.2) is 4.98 Å². The van der Waals surface area contributed by atoms with Crippen LogP contribution in [0.2, 0.25) is 0 Å². The zero-order valence-corrected chi connectivity index (χ0v) is 8.03. The van der Waals surface area contributed by atoms with Crippen molar-refractivity contribution in [1.29, 1.82) is 0 Å². The highest BCUT2D eigenvalue weighted by Gasteiger charge is 2.13. The number of halogens is 1. The molecule has 0 saturated carbocycles. The summed E-state index contributed by atoms with van der Waals surface area (Å²) >= 11 is 0. The summed E-state index contributed by atoms with van der Waals surface area (Å²) in [5, 5.41) is 2.34. The Kier molecular flexibility index (Phi) is 3.33. The average Bonchev–Trinajstić information content (AvgIpc) is 2.18. The molecule has 0 fully saturated rings. The molecule has 1 aromatic rings. The van der Waals surface area contributed by atoms with Gasteiger partial charge in [0, 0.05) is 6.20 Å². The zero-order valence-electron chi connectivity index (χ0n) is 8.03. The molecule has 15 heavy (non-hydrogen) atoms. The van der Waals surface area contributed by atoms with E-state index in [1.807, 2.05) is 0 Å². The Labute approximate surface area is 85.5 Å². The highest BCUT2D eigenvalue weighted by atomic mass is 19.1. The molecule has 0 aliphatic carbocycles. The number of aromatic nitrogens is 1. The van der Waals surface area contributed by atoms with Gasteiger partial charge in [-0.2, -0.15) is 4.39 Å². The van der Waals surface area contributed by atoms with Crippen molar-refractivity contribution in [2.45, 2.75) is 13.0 Å². The van der Waals surface area contributed by atoms with Gasteiger partial charge in [0.2, 0.25) is 11.9 Å². The Morgan fingerprint density at radius 3 is 2.67 bits per heavy atom. The van der Waals surface area contributed by atoms with Crippen LogP contribution in [-0.2, 0) is 4.79 Å². The molecule has 0 aliphatic heterocycles. The van der Waals surface area contributed by atoms with E-state index in [0.29, 0.717) is 0 Å². The predicted molar refractivity (Wildman–Crippen MR) is 50.3 cm³/mol. The van der Waals surface area contributed by atoms with Crippen molar-refractivity contribution in [1.82, 2.24) is 10.3 Å². The summed E-state index contributed by atoms with van der Waals surface area (Å²) in [6.07, 6.45) is 1.08. The molecule has 0 aliphatic rings. The second kappa shape index (κ2) is 4.50. The number of pyridine rings is 1. The monoisotopic (exact) mass is 211 g/mol. The van der Waals surface area contributed by atoms with E-state index < -0.39 is 23.8 Å². The van der Waals surface area contributed by atoms with Gasteiger partial charge in [0.05, 0.1) is 5.56 Å². The number of rotatable bonds is 3. The first-order valence-corrected chi connectivity index (χ1v) is 4.22. The molecule has 0 aromatic carbocycles. The van der Waals surface area contributed by atoms with Gasteiger partial charge in [-0.05, 0) is 19.1 Å². The van der Waals surface area contributed by atoms with Crippen LogP contribution < -0.4 is 11.1 Å². The minimum Gasteiger partial charge on any atom is -0.368 e. The molecule has 1 aromatic heterocycles. The topological polar surface area (TPSA) is 85.1 Å². The van der Waals surface area contributed by atoms with Crippen molar-refractivity contribution in [3.63, 3.8) is 0 Å². The SMILES string of the molecule is C[C@H](NC(=O)c1ccc(F)nc1)C(N)=O. The first kappa shape index (κ1) is 11.1. The lowest BCUT2D eigenvalue weighted by atomic mass is 10.2. The Hall–Kier alpha value is -1.98. The molecule has 0 spiro atoms. The summed E-state index contributed by atoms with van der Waals surface area (Å²) in [5.41, 5.74) is 5.13. The number of nitrogens with two attached hydrogens (primary N) is 1. The van der Waals surface area contributed by atoms with Gasteiger partial charge in [0.1, 0.15) is 6.04 Å². The van der Waals surface area contributed by atoms with Crippen LogP contribution >= 0.6 is 0 Å². The van der Waals surface area contributed by atoms with Crippen molar-refractivity contribution in [3.8, 4) is 0 Å². The van der Waals surface area contributed by atoms with Crippen LogP contribution in [0.1, 0.15) is 17.3 Å². The lowest BCUT2D eigenvalue weighted by Gasteiger charge is -2.09. The third-order valence-corrected chi connectivity index (χ3v) is 1.76. The maximum Gasteiger partial charge on any atom is 0.253 e. The van der Waals surface area contributed by atoms with E-state index in [1.54, 1.807) is 0 Å². The number of primary amides is 1. The van der Waals surface area contributed by atoms with Crippen LogP contribution in [0.25, 0.3) is 0 Å². The Balaban J connectivity index is 2.69. The van der Waals surface area contributed by atoms with Crippen molar-refractivity contribution < 1.29 is 14.0 Å². The summed E-state index contributed by atoms with van der Waals surface area (Å²) in [7, 11) is 0. The molecule has 0 bridgehead atoms. The fourth-order valence-electron chi connectivity index (χ4n) is 0.861. The van der Waals surface area contributed by atoms with E-state index >= 15 is 0 Å². The summed E-state index contributed by atoms with van der Waals surface area (Å²) in [6.45, 7) is 1.46. The largest absolute Gasteiger partial charge is 0.368 e. The number of hydrogen-bond donors (Lipinski definition) is 2. The van der Waals surface area contributed by atoms with Crippen molar-refractivity contribution in [3.05, 3.63) is 29.8 Å². The van der Waals surface area contributed by atoms with E-state index in [0.717, 1.165) is 12.3 Å². The van der Waals surface area contributed by atoms with Gasteiger partial charge >= 0.3 is 0 Å². The van der Waals surface area contributed by atoms with Gasteiger partial charge in [-0.1, -0.05) is 0 Å². The summed E-state index contributed by atoms with van der Waals surface area (Å²) < 4.78 is 12.4. The number of carbonyl (C=O) groups excluding carboxylic acids is 2. The number of amides is 2. The van der Waals surface area contributed by atoms with Crippen LogP contribution in [0, 0.1) is 5.95 Å². The van der Waals surface area contributed by atoms with E-state index in [4.69, 9.17) is 5.73 Å². The first-order valence-electron chi connectivity index (χ1n) is 4.22. The van der Waals surface area contributed by atoms with Gasteiger partial charge in [-0.15, -0.1) is 0 Å². The second-order valence-corrected chi connectivity index (χ2v) is 2.97. The number of nitrogens with one attached hydrogen (secondary N) is 1. The number of nitrogens with zero attached hydrogens (tertiary/aromatic N) is 1. The van der Waals surface area contributed by atoms with Crippen molar-refractivity contribution in [2.75, 3.05) is 0 Å². The summed E-state index contributed by atoms with van der Waals surface area (Å²) in [5.74, 6) is -1.83. The highest BCUT2D eigenvalue weighted by molar-refractivity contribution is 5.96. The molecule has 1 heterocycles.